The van der Waals surface area contributed by atoms with Gasteiger partial charge in [-0.15, -0.1) is 0 Å². The Morgan fingerprint density at radius 2 is 0.615 bits per heavy atom. The molecule has 68 valence electrons. The van der Waals surface area contributed by atoms with Gasteiger partial charge in [-0.2, -0.15) is 0 Å². The van der Waals surface area contributed by atoms with Gasteiger partial charge in [0.15, 0.2) is 0 Å². The van der Waals surface area contributed by atoms with Crippen LogP contribution in [0.25, 0.3) is 0 Å². The molecule has 0 saturated carbocycles. The van der Waals surface area contributed by atoms with Crippen molar-refractivity contribution in [1.29, 1.82) is 0 Å². The smallest absolute Gasteiger partial charge is 0.356 e. The maximum Gasteiger partial charge on any atom is 2.00 e. The van der Waals surface area contributed by atoms with Crippen LogP contribution in [0.5, 0.6) is 0 Å². The molecule has 0 rings (SSSR count). The SMILES string of the molecule is O=[N+]([O-])[O-].O=[N+]([O-])[O-].[N].[N].[N].[N].[Zn+2]. The van der Waals surface area contributed by atoms with Crippen LogP contribution in [0.3, 0.4) is 0 Å². The van der Waals surface area contributed by atoms with Crippen LogP contribution in [0.1, 0.15) is 0 Å². The average molecular weight is 245 g/mol. The standard InChI is InChI=1S/2NO3.4N.Zn/c2*2-1(3)4;;;;;/q2*-1;;;;;+2. The van der Waals surface area contributed by atoms with Crippen molar-refractivity contribution in [3.8, 4) is 0 Å². The van der Waals surface area contributed by atoms with E-state index in [2.05, 4.69) is 0 Å². The maximum absolute atomic E-state index is 8.25. The van der Waals surface area contributed by atoms with Gasteiger partial charge in [0.2, 0.25) is 0 Å². The first-order valence-corrected chi connectivity index (χ1v) is 1.10. The summed E-state index contributed by atoms with van der Waals surface area (Å²) in [6.45, 7) is 0. The van der Waals surface area contributed by atoms with Crippen LogP contribution in [0, 0.1) is 30.6 Å². The molecular weight excluding hydrogens is 245 g/mol. The average Bonchev–Trinajstić information content (AvgIpc) is 1.25. The van der Waals surface area contributed by atoms with Gasteiger partial charge >= 0.3 is 19.5 Å². The van der Waals surface area contributed by atoms with E-state index in [1.54, 1.807) is 0 Å². The molecular formula is N6O6Zn. The van der Waals surface area contributed by atoms with E-state index in [1.807, 2.05) is 0 Å². The molecule has 0 aromatic heterocycles. The minimum atomic E-state index is -1.75. The minimum Gasteiger partial charge on any atom is -0.356 e. The molecule has 0 aliphatic rings. The molecule has 0 aliphatic carbocycles. The molecule has 0 bridgehead atoms. The van der Waals surface area contributed by atoms with Gasteiger partial charge in [0.25, 0.3) is 0 Å². The maximum atomic E-state index is 8.25. The quantitative estimate of drug-likeness (QED) is 0.255. The molecule has 0 aromatic carbocycles. The molecule has 0 heterocycles. The van der Waals surface area contributed by atoms with Crippen molar-refractivity contribution in [2.45, 2.75) is 0 Å². The predicted octanol–water partition coefficient (Wildman–Crippen LogP) is -2.40. The summed E-state index contributed by atoms with van der Waals surface area (Å²) >= 11 is 0. The van der Waals surface area contributed by atoms with Crippen molar-refractivity contribution in [3.63, 3.8) is 0 Å². The zero-order valence-electron chi connectivity index (χ0n) is 5.84. The summed E-state index contributed by atoms with van der Waals surface area (Å²) in [5.74, 6) is 0. The topological polar surface area (TPSA) is 254 Å². The van der Waals surface area contributed by atoms with Crippen molar-refractivity contribution >= 4 is 0 Å². The second-order valence-electron chi connectivity index (χ2n) is 0.447. The summed E-state index contributed by atoms with van der Waals surface area (Å²) in [6.07, 6.45) is 0. The van der Waals surface area contributed by atoms with E-state index in [4.69, 9.17) is 30.6 Å². The summed E-state index contributed by atoms with van der Waals surface area (Å²) in [7, 11) is 0. The molecule has 0 atom stereocenters. The Bertz CT molecular complexity index is 75.1. The van der Waals surface area contributed by atoms with E-state index >= 15 is 0 Å². The number of nitrogens with zero attached hydrogens (tertiary/aromatic N) is 6. The molecule has 0 saturated heterocycles. The molecule has 0 unspecified atom stereocenters. The molecule has 0 N–H and O–H groups in total. The van der Waals surface area contributed by atoms with Gasteiger partial charge < -0.3 is 30.6 Å². The van der Waals surface area contributed by atoms with Crippen molar-refractivity contribution < 1.29 is 29.7 Å². The van der Waals surface area contributed by atoms with Crippen molar-refractivity contribution in [3.05, 3.63) is 30.6 Å². The van der Waals surface area contributed by atoms with Gasteiger partial charge in [-0.1, -0.05) is 0 Å². The molecule has 13 heavy (non-hydrogen) atoms. The number of rotatable bonds is 0. The largest absolute Gasteiger partial charge is 2.00 e. The zero-order chi connectivity index (χ0) is 7.15. The molecule has 12 radical (unpaired) electrons. The van der Waals surface area contributed by atoms with Crippen LogP contribution in [0.2, 0.25) is 0 Å². The van der Waals surface area contributed by atoms with E-state index in [9.17, 15) is 0 Å². The van der Waals surface area contributed by atoms with Gasteiger partial charge in [-0.3, -0.25) is 0 Å². The van der Waals surface area contributed by atoms with E-state index < -0.39 is 10.2 Å². The fraction of sp³-hybridized carbons (Fsp3) is 0. The Kier molecular flexibility index (Phi) is 203. The van der Waals surface area contributed by atoms with Crippen molar-refractivity contribution in [1.82, 2.24) is 24.6 Å². The fourth-order valence-electron chi connectivity index (χ4n) is 0. The molecule has 0 aliphatic heterocycles. The van der Waals surface area contributed by atoms with Gasteiger partial charge in [-0.25, -0.2) is 0 Å². The molecule has 0 fully saturated rings. The van der Waals surface area contributed by atoms with E-state index in [0.717, 1.165) is 0 Å². The summed E-state index contributed by atoms with van der Waals surface area (Å²) < 4.78 is 0. The second-order valence-corrected chi connectivity index (χ2v) is 0.447. The third-order valence-electron chi connectivity index (χ3n) is 0. The molecule has 0 aromatic rings. The van der Waals surface area contributed by atoms with Crippen LogP contribution < -0.4 is 24.6 Å². The third-order valence-corrected chi connectivity index (χ3v) is 0. The molecule has 12 nitrogen and oxygen atoms in total. The minimum absolute atomic E-state index is 0. The van der Waals surface area contributed by atoms with Crippen LogP contribution in [0.15, 0.2) is 0 Å². The number of hydrogen-bond acceptors (Lipinski definition) is 6. The Balaban J connectivity index is -0.00000000800. The molecule has 0 amide bonds. The summed E-state index contributed by atoms with van der Waals surface area (Å²) in [5, 5.41) is 29.5. The summed E-state index contributed by atoms with van der Waals surface area (Å²) in [4.78, 5) is 16.5. The van der Waals surface area contributed by atoms with Gasteiger partial charge in [0.05, 0.1) is 10.2 Å². The number of hydrogen-bond donors (Lipinski definition) is 0. The molecule has 13 heteroatoms. The third kappa shape index (κ3) is 661. The van der Waals surface area contributed by atoms with E-state index in [-0.39, 0.29) is 44.1 Å². The first-order valence-electron chi connectivity index (χ1n) is 1.10. The van der Waals surface area contributed by atoms with Gasteiger partial charge in [0, 0.05) is 24.6 Å². The van der Waals surface area contributed by atoms with Crippen molar-refractivity contribution in [2.75, 3.05) is 0 Å². The van der Waals surface area contributed by atoms with Crippen molar-refractivity contribution in [2.24, 2.45) is 0 Å². The van der Waals surface area contributed by atoms with Crippen LogP contribution in [-0.2, 0) is 19.5 Å². The van der Waals surface area contributed by atoms with Crippen LogP contribution in [0.4, 0.5) is 0 Å². The monoisotopic (exact) mass is 244 g/mol. The van der Waals surface area contributed by atoms with Crippen LogP contribution in [-0.4, -0.2) is 10.2 Å². The predicted molar refractivity (Wildman–Crippen MR) is 29.3 cm³/mol. The normalized spacial score (nSPS) is 3.69. The van der Waals surface area contributed by atoms with Gasteiger partial charge in [0.1, 0.15) is 0 Å². The van der Waals surface area contributed by atoms with Gasteiger partial charge in [-0.05, 0) is 0 Å². The Morgan fingerprint density at radius 3 is 0.615 bits per heavy atom. The van der Waals surface area contributed by atoms with Crippen LogP contribution >= 0.6 is 0 Å². The zero-order valence-corrected chi connectivity index (χ0v) is 8.81. The summed E-state index contributed by atoms with van der Waals surface area (Å²) in [5.41, 5.74) is 0. The second kappa shape index (κ2) is 44.7. The summed E-state index contributed by atoms with van der Waals surface area (Å²) in [6, 6.07) is 0. The Labute approximate surface area is 85.6 Å². The molecule has 0 spiro atoms. The first-order chi connectivity index (χ1) is 3.46. The fourth-order valence-corrected chi connectivity index (χ4v) is 0. The van der Waals surface area contributed by atoms with E-state index in [1.165, 1.54) is 0 Å². The van der Waals surface area contributed by atoms with E-state index in [0.29, 0.717) is 0 Å². The first kappa shape index (κ1) is 59.2. The Morgan fingerprint density at radius 1 is 0.615 bits per heavy atom. The Hall–Kier alpha value is -1.14.